The summed E-state index contributed by atoms with van der Waals surface area (Å²) in [5, 5.41) is 16.8. The third-order valence-electron chi connectivity index (χ3n) is 4.64. The lowest BCUT2D eigenvalue weighted by molar-refractivity contribution is 0.593. The number of nitrogens with one attached hydrogen (secondary N) is 1. The summed E-state index contributed by atoms with van der Waals surface area (Å²) in [6.07, 6.45) is 4.38. The van der Waals surface area contributed by atoms with E-state index in [-0.39, 0.29) is 17.2 Å². The van der Waals surface area contributed by atoms with Crippen LogP contribution >= 0.6 is 0 Å². The highest BCUT2D eigenvalue weighted by molar-refractivity contribution is 7.90. The number of anilines is 2. The fourth-order valence-electron chi connectivity index (χ4n) is 3.14. The molecular formula is C20H18N8O2S. The average Bonchev–Trinajstić information content (AvgIpc) is 3.20. The summed E-state index contributed by atoms with van der Waals surface area (Å²) in [7, 11) is -3.72. The molecule has 3 aromatic heterocycles. The molecule has 3 heterocycles. The van der Waals surface area contributed by atoms with Gasteiger partial charge in [0.2, 0.25) is 9.84 Å². The fraction of sp³-hybridized carbons (Fsp3) is 0.150. The summed E-state index contributed by atoms with van der Waals surface area (Å²) in [5.74, 6) is -0.178. The summed E-state index contributed by atoms with van der Waals surface area (Å²) in [4.78, 5) is 12.1. The highest BCUT2D eigenvalue weighted by Gasteiger charge is 2.22. The van der Waals surface area contributed by atoms with Crippen LogP contribution in [0.4, 0.5) is 11.6 Å². The van der Waals surface area contributed by atoms with Gasteiger partial charge in [0.25, 0.3) is 5.16 Å². The van der Waals surface area contributed by atoms with Gasteiger partial charge in [-0.15, -0.1) is 0 Å². The third-order valence-corrected chi connectivity index (χ3v) is 5.49. The van der Waals surface area contributed by atoms with Crippen LogP contribution in [0, 0.1) is 11.3 Å². The van der Waals surface area contributed by atoms with Gasteiger partial charge in [0.15, 0.2) is 11.5 Å². The van der Waals surface area contributed by atoms with Crippen molar-refractivity contribution in [1.82, 2.24) is 24.6 Å². The molecule has 0 amide bonds. The average molecular weight is 434 g/mol. The van der Waals surface area contributed by atoms with E-state index in [1.165, 1.54) is 0 Å². The van der Waals surface area contributed by atoms with E-state index in [1.807, 2.05) is 49.4 Å². The van der Waals surface area contributed by atoms with Crippen molar-refractivity contribution >= 4 is 27.1 Å². The van der Waals surface area contributed by atoms with Crippen LogP contribution in [0.1, 0.15) is 24.1 Å². The molecule has 0 spiro atoms. The number of nitrogen functional groups attached to an aromatic ring is 1. The van der Waals surface area contributed by atoms with Crippen LogP contribution in [0.2, 0.25) is 0 Å². The molecule has 11 heteroatoms. The van der Waals surface area contributed by atoms with Gasteiger partial charge >= 0.3 is 0 Å². The van der Waals surface area contributed by atoms with Crippen LogP contribution < -0.4 is 11.1 Å². The number of nitriles is 1. The van der Waals surface area contributed by atoms with Gasteiger partial charge in [-0.05, 0) is 13.0 Å². The van der Waals surface area contributed by atoms with Crippen molar-refractivity contribution in [2.24, 2.45) is 0 Å². The zero-order valence-corrected chi connectivity index (χ0v) is 17.5. The molecule has 31 heavy (non-hydrogen) atoms. The molecule has 4 rings (SSSR count). The quantitative estimate of drug-likeness (QED) is 0.450. The lowest BCUT2D eigenvalue weighted by Gasteiger charge is -2.19. The van der Waals surface area contributed by atoms with E-state index in [9.17, 15) is 13.7 Å². The van der Waals surface area contributed by atoms with Crippen LogP contribution in [0.15, 0.2) is 53.9 Å². The Morgan fingerprint density at radius 1 is 1.23 bits per heavy atom. The molecular weight excluding hydrogens is 416 g/mol. The van der Waals surface area contributed by atoms with Crippen molar-refractivity contribution in [2.75, 3.05) is 17.3 Å². The van der Waals surface area contributed by atoms with Gasteiger partial charge in [-0.1, -0.05) is 30.3 Å². The summed E-state index contributed by atoms with van der Waals surface area (Å²) in [6, 6.07) is 13.0. The molecule has 0 saturated heterocycles. The second-order valence-electron chi connectivity index (χ2n) is 6.91. The molecule has 0 fully saturated rings. The van der Waals surface area contributed by atoms with Crippen LogP contribution in [-0.4, -0.2) is 39.2 Å². The maximum absolute atomic E-state index is 11.9. The van der Waals surface area contributed by atoms with Crippen molar-refractivity contribution in [1.29, 1.82) is 5.26 Å². The van der Waals surface area contributed by atoms with E-state index in [0.717, 1.165) is 17.4 Å². The first-order valence-electron chi connectivity index (χ1n) is 9.22. The predicted molar refractivity (Wildman–Crippen MR) is 115 cm³/mol. The van der Waals surface area contributed by atoms with Gasteiger partial charge in [-0.2, -0.15) is 20.3 Å². The second-order valence-corrected chi connectivity index (χ2v) is 8.82. The number of aromatic nitrogens is 5. The summed E-state index contributed by atoms with van der Waals surface area (Å²) < 4.78 is 25.5. The molecule has 1 atom stereocenters. The Balaban J connectivity index is 1.84. The first-order chi connectivity index (χ1) is 14.8. The number of nitrogens with two attached hydrogens (primary N) is 1. The van der Waals surface area contributed by atoms with Crippen molar-refractivity contribution in [2.45, 2.75) is 18.1 Å². The Bertz CT molecular complexity index is 1430. The highest BCUT2D eigenvalue weighted by Crippen LogP contribution is 2.30. The number of sulfone groups is 1. The van der Waals surface area contributed by atoms with E-state index in [4.69, 9.17) is 5.73 Å². The largest absolute Gasteiger partial charge is 0.382 e. The number of hydrogen-bond donors (Lipinski definition) is 2. The Kier molecular flexibility index (Phi) is 5.00. The fourth-order valence-corrected chi connectivity index (χ4v) is 3.66. The Hall–Kier alpha value is -4.04. The minimum absolute atomic E-state index is 0.0321. The van der Waals surface area contributed by atoms with Gasteiger partial charge in [0.05, 0.1) is 11.7 Å². The SMILES string of the molecule is CC(Nc1nc(S(C)(=O)=O)nc(N)c1C#N)c1cc2nccn2nc1-c1ccccc1. The number of nitrogens with zero attached hydrogens (tertiary/aromatic N) is 6. The van der Waals surface area contributed by atoms with Gasteiger partial charge in [0, 0.05) is 29.8 Å². The van der Waals surface area contributed by atoms with Crippen LogP contribution in [0.25, 0.3) is 16.9 Å². The highest BCUT2D eigenvalue weighted by atomic mass is 32.2. The van der Waals surface area contributed by atoms with Crippen molar-refractivity contribution in [3.8, 4) is 17.3 Å². The molecule has 0 aliphatic heterocycles. The van der Waals surface area contributed by atoms with Crippen molar-refractivity contribution in [3.63, 3.8) is 0 Å². The zero-order valence-electron chi connectivity index (χ0n) is 16.7. The van der Waals surface area contributed by atoms with E-state index >= 15 is 0 Å². The summed E-state index contributed by atoms with van der Waals surface area (Å²) in [5.41, 5.74) is 8.81. The van der Waals surface area contributed by atoms with E-state index in [2.05, 4.69) is 25.4 Å². The van der Waals surface area contributed by atoms with Gasteiger partial charge in [-0.3, -0.25) is 0 Å². The van der Waals surface area contributed by atoms with E-state index in [0.29, 0.717) is 11.3 Å². The number of imidazole rings is 1. The Morgan fingerprint density at radius 2 is 1.97 bits per heavy atom. The molecule has 0 saturated carbocycles. The Morgan fingerprint density at radius 3 is 2.65 bits per heavy atom. The van der Waals surface area contributed by atoms with Crippen molar-refractivity contribution < 1.29 is 8.42 Å². The smallest absolute Gasteiger partial charge is 0.250 e. The molecule has 0 aliphatic rings. The summed E-state index contributed by atoms with van der Waals surface area (Å²) >= 11 is 0. The third kappa shape index (κ3) is 3.88. The molecule has 0 aliphatic carbocycles. The topological polar surface area (TPSA) is 152 Å². The second kappa shape index (κ2) is 7.66. The lowest BCUT2D eigenvalue weighted by Crippen LogP contribution is -2.16. The van der Waals surface area contributed by atoms with Gasteiger partial charge in [-0.25, -0.2) is 17.9 Å². The maximum atomic E-state index is 11.9. The summed E-state index contributed by atoms with van der Waals surface area (Å²) in [6.45, 7) is 1.85. The van der Waals surface area contributed by atoms with Crippen LogP contribution in [0.5, 0.6) is 0 Å². The minimum Gasteiger partial charge on any atom is -0.382 e. The zero-order chi connectivity index (χ0) is 22.2. The molecule has 1 unspecified atom stereocenters. The van der Waals surface area contributed by atoms with Crippen LogP contribution in [-0.2, 0) is 9.84 Å². The lowest BCUT2D eigenvalue weighted by atomic mass is 10.0. The molecule has 3 N–H and O–H groups in total. The minimum atomic E-state index is -3.72. The van der Waals surface area contributed by atoms with Crippen LogP contribution in [0.3, 0.4) is 0 Å². The molecule has 4 aromatic rings. The standard InChI is InChI=1S/C20H18N8O2S/c1-12(24-19-15(11-21)18(22)25-20(26-19)31(2,29)30)14-10-16-23-8-9-28(16)27-17(14)13-6-4-3-5-7-13/h3-10,12H,1-2H3,(H3,22,24,25,26). The van der Waals surface area contributed by atoms with Crippen molar-refractivity contribution in [3.05, 3.63) is 59.9 Å². The number of hydrogen-bond acceptors (Lipinski definition) is 9. The maximum Gasteiger partial charge on any atom is 0.250 e. The number of rotatable bonds is 5. The molecule has 10 nitrogen and oxygen atoms in total. The Labute approximate surface area is 178 Å². The predicted octanol–water partition coefficient (Wildman–Crippen LogP) is 2.22. The van der Waals surface area contributed by atoms with E-state index in [1.54, 1.807) is 16.9 Å². The number of benzene rings is 1. The van der Waals surface area contributed by atoms with Gasteiger partial charge in [0.1, 0.15) is 17.5 Å². The molecule has 0 radical (unpaired) electrons. The monoisotopic (exact) mass is 434 g/mol. The molecule has 0 bridgehead atoms. The molecule has 156 valence electrons. The van der Waals surface area contributed by atoms with E-state index < -0.39 is 21.0 Å². The first kappa shape index (κ1) is 20.2. The normalized spacial score (nSPS) is 12.4. The first-order valence-corrected chi connectivity index (χ1v) is 11.1. The van der Waals surface area contributed by atoms with Gasteiger partial charge < -0.3 is 11.1 Å². The molecule has 1 aromatic carbocycles. The number of fused-ring (bicyclic) bond motifs is 1.